The van der Waals surface area contributed by atoms with E-state index >= 15 is 0 Å². The molecule has 0 radical (unpaired) electrons. The topological polar surface area (TPSA) is 118 Å². The number of carboxylic acids is 2. The Labute approximate surface area is 126 Å². The Hall–Kier alpha value is -2.48. The van der Waals surface area contributed by atoms with Crippen LogP contribution in [0.15, 0.2) is 18.2 Å². The monoisotopic (exact) mass is 322 g/mol. The van der Waals surface area contributed by atoms with Crippen LogP contribution in [0, 0.1) is 0 Å². The first-order valence-electron chi connectivity index (χ1n) is 6.68. The van der Waals surface area contributed by atoms with Crippen LogP contribution in [0.3, 0.4) is 0 Å². The number of carbonyl (C=O) groups excluding carboxylic acids is 2. The van der Waals surface area contributed by atoms with E-state index in [-0.39, 0.29) is 11.1 Å². The highest BCUT2D eigenvalue weighted by atomic mass is 28.3. The molecule has 2 rings (SSSR count). The summed E-state index contributed by atoms with van der Waals surface area (Å²) in [7, 11) is -2.75. The molecular weight excluding hydrogens is 308 g/mol. The van der Waals surface area contributed by atoms with Gasteiger partial charge < -0.3 is 14.9 Å². The first-order chi connectivity index (χ1) is 10.3. The molecule has 1 aromatic rings. The number of aromatic carboxylic acids is 2. The number of aryl methyl sites for hydroxylation is 1. The maximum Gasteiger partial charge on any atom is 0.336 e. The molecule has 1 fully saturated rings. The molecule has 0 saturated carbocycles. The molecule has 0 amide bonds. The quantitative estimate of drug-likeness (QED) is 0.610. The molecule has 8 heteroatoms. The van der Waals surface area contributed by atoms with E-state index in [9.17, 15) is 19.2 Å². The van der Waals surface area contributed by atoms with Gasteiger partial charge in [0.25, 0.3) is 11.2 Å². The molecule has 0 atom stereocenters. The van der Waals surface area contributed by atoms with Crippen molar-refractivity contribution in [2.75, 3.05) is 0 Å². The lowest BCUT2D eigenvalue weighted by molar-refractivity contribution is 0.0651. The molecule has 1 heterocycles. The summed E-state index contributed by atoms with van der Waals surface area (Å²) >= 11 is 0. The number of hydrogen-bond donors (Lipinski definition) is 2. The van der Waals surface area contributed by atoms with Crippen molar-refractivity contribution in [2.24, 2.45) is 0 Å². The Bertz CT molecular complexity index is 666. The lowest BCUT2D eigenvalue weighted by Gasteiger charge is -2.32. The molecule has 0 bridgehead atoms. The first-order valence-corrected chi connectivity index (χ1v) is 9.09. The van der Waals surface area contributed by atoms with Gasteiger partial charge in [-0.2, -0.15) is 0 Å². The minimum Gasteiger partial charge on any atom is -0.478 e. The minimum absolute atomic E-state index is 0.294. The average molecular weight is 322 g/mol. The van der Waals surface area contributed by atoms with Crippen molar-refractivity contribution in [1.29, 1.82) is 0 Å². The number of rotatable bonds is 6. The van der Waals surface area contributed by atoms with Gasteiger partial charge in [-0.15, -0.1) is 0 Å². The zero-order valence-electron chi connectivity index (χ0n) is 11.8. The normalized spacial score (nSPS) is 15.9. The smallest absolute Gasteiger partial charge is 0.336 e. The van der Waals surface area contributed by atoms with Crippen LogP contribution >= 0.6 is 0 Å². The molecule has 1 aliphatic rings. The summed E-state index contributed by atoms with van der Waals surface area (Å²) in [6.45, 7) is 1.76. The van der Waals surface area contributed by atoms with E-state index in [0.717, 1.165) is 0 Å². The van der Waals surface area contributed by atoms with Crippen molar-refractivity contribution in [3.05, 3.63) is 34.9 Å². The number of carboxylic acid groups (broad SMARTS) is 2. The third kappa shape index (κ3) is 2.52. The molecule has 1 aliphatic heterocycles. The van der Waals surface area contributed by atoms with Crippen LogP contribution in [-0.2, 0) is 11.2 Å². The van der Waals surface area contributed by atoms with E-state index in [0.29, 0.717) is 24.1 Å². The summed E-state index contributed by atoms with van der Waals surface area (Å²) < 4.78 is 4.46. The van der Waals surface area contributed by atoms with Gasteiger partial charge in [0.1, 0.15) is 0 Å². The van der Waals surface area contributed by atoms with Crippen molar-refractivity contribution in [1.82, 2.24) is 0 Å². The van der Waals surface area contributed by atoms with Crippen LogP contribution in [0.1, 0.15) is 33.2 Å². The van der Waals surface area contributed by atoms with Gasteiger partial charge in [-0.05, 0) is 36.2 Å². The molecule has 0 spiro atoms. The molecule has 116 valence electrons. The fourth-order valence-corrected chi connectivity index (χ4v) is 5.11. The molecule has 2 N–H and O–H groups in total. The van der Waals surface area contributed by atoms with Gasteiger partial charge in [-0.3, -0.25) is 9.59 Å². The van der Waals surface area contributed by atoms with E-state index in [4.69, 9.17) is 10.2 Å². The van der Waals surface area contributed by atoms with Crippen molar-refractivity contribution >= 4 is 31.2 Å². The van der Waals surface area contributed by atoms with Crippen molar-refractivity contribution < 1.29 is 34.1 Å². The molecule has 1 saturated heterocycles. The van der Waals surface area contributed by atoms with Crippen LogP contribution in [0.5, 0.6) is 0 Å². The summed E-state index contributed by atoms with van der Waals surface area (Å²) in [5.41, 5.74) is -0.881. The number of cyclic esters (lactones) is 2. The highest BCUT2D eigenvalue weighted by Crippen LogP contribution is 2.31. The Balaban J connectivity index is 2.22. The fourth-order valence-electron chi connectivity index (χ4n) is 2.45. The van der Waals surface area contributed by atoms with Crippen LogP contribution in [-0.4, -0.2) is 41.4 Å². The summed E-state index contributed by atoms with van der Waals surface area (Å²) in [4.78, 5) is 45.3. The molecule has 22 heavy (non-hydrogen) atoms. The van der Waals surface area contributed by atoms with Crippen LogP contribution in [0.25, 0.3) is 0 Å². The van der Waals surface area contributed by atoms with Crippen LogP contribution in [0.4, 0.5) is 9.59 Å². The third-order valence-electron chi connectivity index (χ3n) is 3.96. The van der Waals surface area contributed by atoms with E-state index in [1.807, 2.05) is 0 Å². The minimum atomic E-state index is -2.75. The summed E-state index contributed by atoms with van der Waals surface area (Å²) in [6, 6.07) is 4.79. The van der Waals surface area contributed by atoms with Crippen molar-refractivity contribution in [3.8, 4) is 0 Å². The standard InChI is InChI=1S/C14H14O7Si/c1-2-22(13(19)21-14(22)20)6-5-8-3-4-9(11(15)16)10(7-8)12(17)18/h3-4,7H,2,5-6H2,1H3,(H,15,16)(H,17,18). The van der Waals surface area contributed by atoms with Crippen LogP contribution in [0.2, 0.25) is 12.1 Å². The third-order valence-corrected chi connectivity index (χ3v) is 8.03. The summed E-state index contributed by atoms with van der Waals surface area (Å²) in [6.07, 6.45) is 0.334. The van der Waals surface area contributed by atoms with Crippen molar-refractivity contribution in [3.63, 3.8) is 0 Å². The fraction of sp³-hybridized carbons (Fsp3) is 0.286. The highest BCUT2D eigenvalue weighted by Gasteiger charge is 2.60. The predicted octanol–water partition coefficient (Wildman–Crippen LogP) is 2.53. The maximum absolute atomic E-state index is 11.6. The lowest BCUT2D eigenvalue weighted by Crippen LogP contribution is -2.63. The van der Waals surface area contributed by atoms with E-state index in [2.05, 4.69) is 4.74 Å². The van der Waals surface area contributed by atoms with Gasteiger partial charge >= 0.3 is 20.0 Å². The zero-order chi connectivity index (χ0) is 16.5. The number of carbonyl (C=O) groups is 4. The highest BCUT2D eigenvalue weighted by molar-refractivity contribution is 7.28. The van der Waals surface area contributed by atoms with Gasteiger partial charge in [0.15, 0.2) is 0 Å². The second kappa shape index (κ2) is 5.72. The Morgan fingerprint density at radius 1 is 1.09 bits per heavy atom. The second-order valence-corrected chi connectivity index (χ2v) is 9.29. The van der Waals surface area contributed by atoms with Gasteiger partial charge in [0.05, 0.1) is 11.1 Å². The Kier molecular flexibility index (Phi) is 4.13. The molecule has 0 aliphatic carbocycles. The number of hydrogen-bond acceptors (Lipinski definition) is 5. The largest absolute Gasteiger partial charge is 0.478 e. The Morgan fingerprint density at radius 3 is 2.14 bits per heavy atom. The SMILES string of the molecule is CC[Si]1(CCc2ccc(C(=O)O)c(C(=O)O)c2)C(=O)OC1=O. The Morgan fingerprint density at radius 2 is 1.68 bits per heavy atom. The zero-order valence-corrected chi connectivity index (χ0v) is 12.8. The maximum atomic E-state index is 11.6. The average Bonchev–Trinajstić information content (AvgIpc) is 2.47. The molecule has 0 unspecified atom stereocenters. The van der Waals surface area contributed by atoms with Gasteiger partial charge in [0.2, 0.25) is 0 Å². The molecule has 1 aromatic carbocycles. The van der Waals surface area contributed by atoms with E-state index < -0.39 is 31.2 Å². The van der Waals surface area contributed by atoms with E-state index in [1.165, 1.54) is 18.2 Å². The van der Waals surface area contributed by atoms with Gasteiger partial charge in [-0.25, -0.2) is 9.59 Å². The van der Waals surface area contributed by atoms with Gasteiger partial charge in [0, 0.05) is 0 Å². The van der Waals surface area contributed by atoms with E-state index in [1.54, 1.807) is 6.92 Å². The molecule has 0 aromatic heterocycles. The van der Waals surface area contributed by atoms with Gasteiger partial charge in [-0.1, -0.05) is 13.0 Å². The number of benzene rings is 1. The first kappa shape index (κ1) is 15.9. The molecular formula is C14H14O7Si. The number of ether oxygens (including phenoxy) is 1. The summed E-state index contributed by atoms with van der Waals surface area (Å²) in [5.74, 6) is -2.65. The summed E-state index contributed by atoms with van der Waals surface area (Å²) in [5, 5.41) is 18.0. The predicted molar refractivity (Wildman–Crippen MR) is 77.0 cm³/mol. The van der Waals surface area contributed by atoms with Crippen LogP contribution < -0.4 is 0 Å². The lowest BCUT2D eigenvalue weighted by atomic mass is 10.0. The second-order valence-electron chi connectivity index (χ2n) is 5.10. The molecule has 7 nitrogen and oxygen atoms in total. The van der Waals surface area contributed by atoms with Crippen molar-refractivity contribution in [2.45, 2.75) is 25.4 Å².